The summed E-state index contributed by atoms with van der Waals surface area (Å²) in [6, 6.07) is 4.65. The lowest BCUT2D eigenvalue weighted by Crippen LogP contribution is -1.99. The molecule has 0 saturated carbocycles. The van der Waals surface area contributed by atoms with Crippen LogP contribution in [0.3, 0.4) is 0 Å². The number of aromatic carboxylic acids is 1. The van der Waals surface area contributed by atoms with E-state index in [4.69, 9.17) is 16.7 Å². The second kappa shape index (κ2) is 4.46. The minimum absolute atomic E-state index is 0.0520. The Morgan fingerprint density at radius 1 is 1.50 bits per heavy atom. The molecule has 0 atom stereocenters. The maximum absolute atomic E-state index is 10.8. The number of carboxylic acids is 1. The number of anilines is 2. The lowest BCUT2D eigenvalue weighted by molar-refractivity contribution is 0.0697. The summed E-state index contributed by atoms with van der Waals surface area (Å²) in [6.07, 6.45) is 0. The van der Waals surface area contributed by atoms with E-state index in [1.165, 1.54) is 23.5 Å². The van der Waals surface area contributed by atoms with Gasteiger partial charge >= 0.3 is 5.97 Å². The van der Waals surface area contributed by atoms with E-state index in [0.29, 0.717) is 10.8 Å². The molecule has 0 aliphatic carbocycles. The van der Waals surface area contributed by atoms with E-state index in [-0.39, 0.29) is 10.6 Å². The Bertz CT molecular complexity index is 515. The van der Waals surface area contributed by atoms with Crippen molar-refractivity contribution < 1.29 is 9.90 Å². The van der Waals surface area contributed by atoms with Gasteiger partial charge in [-0.15, -0.1) is 10.2 Å². The van der Waals surface area contributed by atoms with Gasteiger partial charge in [0.2, 0.25) is 5.13 Å². The SMILES string of the molecule is O=C(O)c1cc(Nc2nncs2)ccc1Cl. The molecule has 16 heavy (non-hydrogen) atoms. The van der Waals surface area contributed by atoms with Crippen molar-refractivity contribution in [3.05, 3.63) is 34.3 Å². The summed E-state index contributed by atoms with van der Waals surface area (Å²) in [4.78, 5) is 10.8. The average molecular weight is 256 g/mol. The first-order valence-electron chi connectivity index (χ1n) is 4.23. The first kappa shape index (κ1) is 10.8. The van der Waals surface area contributed by atoms with E-state index in [2.05, 4.69) is 15.5 Å². The number of aromatic nitrogens is 2. The summed E-state index contributed by atoms with van der Waals surface area (Å²) in [6.45, 7) is 0. The molecule has 2 N–H and O–H groups in total. The van der Waals surface area contributed by atoms with E-state index in [0.717, 1.165) is 0 Å². The fourth-order valence-corrected chi connectivity index (χ4v) is 1.78. The van der Waals surface area contributed by atoms with Gasteiger partial charge in [0.25, 0.3) is 0 Å². The van der Waals surface area contributed by atoms with Crippen LogP contribution in [0.2, 0.25) is 5.02 Å². The summed E-state index contributed by atoms with van der Waals surface area (Å²) in [5.41, 5.74) is 2.24. The third-order valence-corrected chi connectivity index (χ3v) is 2.74. The predicted molar refractivity (Wildman–Crippen MR) is 61.6 cm³/mol. The molecule has 2 rings (SSSR count). The van der Waals surface area contributed by atoms with Gasteiger partial charge in [0, 0.05) is 5.69 Å². The van der Waals surface area contributed by atoms with Gasteiger partial charge in [0.05, 0.1) is 10.6 Å². The van der Waals surface area contributed by atoms with Crippen LogP contribution in [0.1, 0.15) is 10.4 Å². The maximum atomic E-state index is 10.8. The molecule has 5 nitrogen and oxygen atoms in total. The van der Waals surface area contributed by atoms with Crippen LogP contribution in [0.25, 0.3) is 0 Å². The Kier molecular flexibility index (Phi) is 3.02. The third kappa shape index (κ3) is 2.29. The molecule has 1 heterocycles. The summed E-state index contributed by atoms with van der Waals surface area (Å²) in [7, 11) is 0. The second-order valence-corrected chi connectivity index (χ2v) is 4.11. The molecule has 0 aliphatic rings. The van der Waals surface area contributed by atoms with Gasteiger partial charge in [-0.1, -0.05) is 22.9 Å². The van der Waals surface area contributed by atoms with Crippen LogP contribution in [-0.2, 0) is 0 Å². The van der Waals surface area contributed by atoms with E-state index in [9.17, 15) is 4.79 Å². The van der Waals surface area contributed by atoms with E-state index < -0.39 is 5.97 Å². The summed E-state index contributed by atoms with van der Waals surface area (Å²) < 4.78 is 0. The zero-order chi connectivity index (χ0) is 11.5. The fraction of sp³-hybridized carbons (Fsp3) is 0. The van der Waals surface area contributed by atoms with Crippen LogP contribution in [-0.4, -0.2) is 21.3 Å². The maximum Gasteiger partial charge on any atom is 0.337 e. The predicted octanol–water partition coefficient (Wildman–Crippen LogP) is 2.63. The Morgan fingerprint density at radius 3 is 2.94 bits per heavy atom. The summed E-state index contributed by atoms with van der Waals surface area (Å²) in [5, 5.41) is 20.1. The Morgan fingerprint density at radius 2 is 2.31 bits per heavy atom. The molecule has 0 aliphatic heterocycles. The van der Waals surface area contributed by atoms with Crippen LogP contribution in [0, 0.1) is 0 Å². The van der Waals surface area contributed by atoms with Crippen LogP contribution in [0.4, 0.5) is 10.8 Å². The first-order chi connectivity index (χ1) is 7.66. The Hall–Kier alpha value is -1.66. The zero-order valence-electron chi connectivity index (χ0n) is 7.85. The number of carboxylic acid groups (broad SMARTS) is 1. The third-order valence-electron chi connectivity index (χ3n) is 1.81. The van der Waals surface area contributed by atoms with Crippen LogP contribution in [0.15, 0.2) is 23.7 Å². The van der Waals surface area contributed by atoms with Crippen LogP contribution >= 0.6 is 22.9 Å². The van der Waals surface area contributed by atoms with Crippen molar-refractivity contribution in [1.29, 1.82) is 0 Å². The summed E-state index contributed by atoms with van der Waals surface area (Å²) >= 11 is 7.06. The van der Waals surface area contributed by atoms with Crippen molar-refractivity contribution in [3.8, 4) is 0 Å². The highest BCUT2D eigenvalue weighted by Gasteiger charge is 2.09. The standard InChI is InChI=1S/C9H6ClN3O2S/c10-7-2-1-5(3-6(7)8(14)15)12-9-13-11-4-16-9/h1-4H,(H,12,13)(H,14,15). The molecule has 1 aromatic heterocycles. The number of nitrogens with one attached hydrogen (secondary N) is 1. The topological polar surface area (TPSA) is 75.1 Å². The molecule has 0 unspecified atom stereocenters. The number of hydrogen-bond acceptors (Lipinski definition) is 5. The number of benzene rings is 1. The highest BCUT2D eigenvalue weighted by molar-refractivity contribution is 7.13. The molecule has 0 saturated heterocycles. The number of hydrogen-bond donors (Lipinski definition) is 2. The zero-order valence-corrected chi connectivity index (χ0v) is 9.42. The van der Waals surface area contributed by atoms with Gasteiger partial charge in [-0.3, -0.25) is 0 Å². The average Bonchev–Trinajstić information content (AvgIpc) is 2.73. The second-order valence-electron chi connectivity index (χ2n) is 2.87. The molecular weight excluding hydrogens is 250 g/mol. The first-order valence-corrected chi connectivity index (χ1v) is 5.48. The molecule has 0 radical (unpaired) electrons. The van der Waals surface area contributed by atoms with Crippen molar-refractivity contribution in [1.82, 2.24) is 10.2 Å². The summed E-state index contributed by atoms with van der Waals surface area (Å²) in [5.74, 6) is -1.06. The highest BCUT2D eigenvalue weighted by Crippen LogP contribution is 2.23. The minimum Gasteiger partial charge on any atom is -0.478 e. The van der Waals surface area contributed by atoms with E-state index in [1.54, 1.807) is 11.6 Å². The molecule has 1 aromatic carbocycles. The van der Waals surface area contributed by atoms with E-state index in [1.807, 2.05) is 0 Å². The monoisotopic (exact) mass is 255 g/mol. The highest BCUT2D eigenvalue weighted by atomic mass is 35.5. The van der Waals surface area contributed by atoms with Gasteiger partial charge < -0.3 is 10.4 Å². The molecule has 82 valence electrons. The lowest BCUT2D eigenvalue weighted by atomic mass is 10.2. The van der Waals surface area contributed by atoms with Gasteiger partial charge in [0.15, 0.2) is 0 Å². The van der Waals surface area contributed by atoms with Gasteiger partial charge in [-0.2, -0.15) is 0 Å². The number of halogens is 1. The minimum atomic E-state index is -1.06. The van der Waals surface area contributed by atoms with Crippen molar-refractivity contribution in [3.63, 3.8) is 0 Å². The van der Waals surface area contributed by atoms with Crippen molar-refractivity contribution in [2.75, 3.05) is 5.32 Å². The molecule has 7 heteroatoms. The number of nitrogens with zero attached hydrogens (tertiary/aromatic N) is 2. The molecule has 0 spiro atoms. The Balaban J connectivity index is 2.29. The van der Waals surface area contributed by atoms with Gasteiger partial charge in [0.1, 0.15) is 5.51 Å². The van der Waals surface area contributed by atoms with E-state index >= 15 is 0 Å². The smallest absolute Gasteiger partial charge is 0.337 e. The molecular formula is C9H6ClN3O2S. The van der Waals surface area contributed by atoms with Crippen LogP contribution < -0.4 is 5.32 Å². The number of carbonyl (C=O) groups is 1. The normalized spacial score (nSPS) is 10.1. The largest absolute Gasteiger partial charge is 0.478 e. The Labute approximate surface area is 99.7 Å². The molecule has 0 bridgehead atoms. The molecule has 2 aromatic rings. The van der Waals surface area contributed by atoms with Crippen molar-refractivity contribution >= 4 is 39.7 Å². The molecule has 0 fully saturated rings. The van der Waals surface area contributed by atoms with Crippen LogP contribution in [0.5, 0.6) is 0 Å². The van der Waals surface area contributed by atoms with Gasteiger partial charge in [-0.05, 0) is 18.2 Å². The number of rotatable bonds is 3. The lowest BCUT2D eigenvalue weighted by Gasteiger charge is -2.04. The van der Waals surface area contributed by atoms with Crippen molar-refractivity contribution in [2.45, 2.75) is 0 Å². The van der Waals surface area contributed by atoms with Gasteiger partial charge in [-0.25, -0.2) is 4.79 Å². The molecule has 0 amide bonds. The van der Waals surface area contributed by atoms with Crippen molar-refractivity contribution in [2.24, 2.45) is 0 Å². The quantitative estimate of drug-likeness (QED) is 0.882. The fourth-order valence-electron chi connectivity index (χ4n) is 1.12.